The molecule has 1 saturated heterocycles. The van der Waals surface area contributed by atoms with Gasteiger partial charge in [0.2, 0.25) is 0 Å². The average Bonchev–Trinajstić information content (AvgIpc) is 2.29. The third kappa shape index (κ3) is 2.64. The summed E-state index contributed by atoms with van der Waals surface area (Å²) < 4.78 is 0. The van der Waals surface area contributed by atoms with Gasteiger partial charge in [-0.1, -0.05) is 18.5 Å². The topological polar surface area (TPSA) is 15.3 Å². The molecule has 3 heteroatoms. The van der Waals surface area contributed by atoms with Crippen molar-refractivity contribution in [3.8, 4) is 0 Å². The standard InChI is InChI=1S/C12H17ClN2/c1-2-10-7-11(13)9-12(8-10)15-5-3-14-4-6-15/h7-9,14H,2-6H2,1H3. The van der Waals surface area contributed by atoms with Crippen molar-refractivity contribution in [1.82, 2.24) is 5.32 Å². The summed E-state index contributed by atoms with van der Waals surface area (Å²) in [5.74, 6) is 0. The van der Waals surface area contributed by atoms with Gasteiger partial charge in [0, 0.05) is 36.9 Å². The zero-order valence-corrected chi connectivity index (χ0v) is 9.85. The van der Waals surface area contributed by atoms with E-state index < -0.39 is 0 Å². The van der Waals surface area contributed by atoms with E-state index >= 15 is 0 Å². The lowest BCUT2D eigenvalue weighted by atomic mass is 10.1. The number of nitrogens with zero attached hydrogens (tertiary/aromatic N) is 1. The first-order valence-corrected chi connectivity index (χ1v) is 5.92. The third-order valence-electron chi connectivity index (χ3n) is 2.83. The second-order valence-electron chi connectivity index (χ2n) is 3.91. The molecule has 1 aliphatic heterocycles. The van der Waals surface area contributed by atoms with Gasteiger partial charge < -0.3 is 10.2 Å². The van der Waals surface area contributed by atoms with Gasteiger partial charge in [0.15, 0.2) is 0 Å². The van der Waals surface area contributed by atoms with Gasteiger partial charge >= 0.3 is 0 Å². The van der Waals surface area contributed by atoms with Gasteiger partial charge in [-0.2, -0.15) is 0 Å². The number of anilines is 1. The van der Waals surface area contributed by atoms with Crippen LogP contribution in [0.3, 0.4) is 0 Å². The lowest BCUT2D eigenvalue weighted by Crippen LogP contribution is -2.43. The summed E-state index contributed by atoms with van der Waals surface area (Å²) in [5.41, 5.74) is 2.58. The molecule has 0 atom stereocenters. The number of aryl methyl sites for hydroxylation is 1. The molecule has 1 aromatic rings. The van der Waals surface area contributed by atoms with Crippen LogP contribution in [0.4, 0.5) is 5.69 Å². The van der Waals surface area contributed by atoms with Crippen LogP contribution in [0.15, 0.2) is 18.2 Å². The Morgan fingerprint density at radius 1 is 1.27 bits per heavy atom. The Labute approximate surface area is 96.2 Å². The zero-order chi connectivity index (χ0) is 10.7. The van der Waals surface area contributed by atoms with Gasteiger partial charge in [-0.05, 0) is 30.2 Å². The fourth-order valence-electron chi connectivity index (χ4n) is 1.94. The minimum Gasteiger partial charge on any atom is -0.369 e. The zero-order valence-electron chi connectivity index (χ0n) is 9.09. The van der Waals surface area contributed by atoms with Gasteiger partial charge in [-0.3, -0.25) is 0 Å². The number of hydrogen-bond donors (Lipinski definition) is 1. The van der Waals surface area contributed by atoms with Crippen LogP contribution >= 0.6 is 11.6 Å². The number of halogens is 1. The summed E-state index contributed by atoms with van der Waals surface area (Å²) in [4.78, 5) is 2.39. The van der Waals surface area contributed by atoms with E-state index in [4.69, 9.17) is 11.6 Å². The van der Waals surface area contributed by atoms with Crippen LogP contribution in [0, 0.1) is 0 Å². The second kappa shape index (κ2) is 4.86. The minimum atomic E-state index is 0.850. The lowest BCUT2D eigenvalue weighted by molar-refractivity contribution is 0.589. The number of benzene rings is 1. The van der Waals surface area contributed by atoms with Crippen LogP contribution in [0.5, 0.6) is 0 Å². The van der Waals surface area contributed by atoms with Crippen molar-refractivity contribution >= 4 is 17.3 Å². The van der Waals surface area contributed by atoms with Gasteiger partial charge in [0.05, 0.1) is 0 Å². The highest BCUT2D eigenvalue weighted by Gasteiger charge is 2.11. The molecule has 2 rings (SSSR count). The Morgan fingerprint density at radius 3 is 2.67 bits per heavy atom. The summed E-state index contributed by atoms with van der Waals surface area (Å²) in [6.45, 7) is 6.43. The van der Waals surface area contributed by atoms with Crippen LogP contribution in [0.1, 0.15) is 12.5 Å². The molecular formula is C12H17ClN2. The van der Waals surface area contributed by atoms with Gasteiger partial charge in [0.25, 0.3) is 0 Å². The van der Waals surface area contributed by atoms with E-state index in [1.807, 2.05) is 6.07 Å². The van der Waals surface area contributed by atoms with E-state index in [0.29, 0.717) is 0 Å². The normalized spacial score (nSPS) is 16.8. The Hall–Kier alpha value is -0.730. The Balaban J connectivity index is 2.22. The molecule has 0 radical (unpaired) electrons. The van der Waals surface area contributed by atoms with Crippen LogP contribution in [0.2, 0.25) is 5.02 Å². The van der Waals surface area contributed by atoms with Crippen molar-refractivity contribution in [1.29, 1.82) is 0 Å². The van der Waals surface area contributed by atoms with Crippen molar-refractivity contribution in [2.75, 3.05) is 31.1 Å². The molecule has 1 fully saturated rings. The first kappa shape index (κ1) is 10.8. The van der Waals surface area contributed by atoms with Gasteiger partial charge in [-0.25, -0.2) is 0 Å². The monoisotopic (exact) mass is 224 g/mol. The van der Waals surface area contributed by atoms with Crippen molar-refractivity contribution in [2.45, 2.75) is 13.3 Å². The predicted molar refractivity (Wildman–Crippen MR) is 65.9 cm³/mol. The highest BCUT2D eigenvalue weighted by molar-refractivity contribution is 6.30. The molecule has 1 heterocycles. The molecule has 0 unspecified atom stereocenters. The molecule has 2 nitrogen and oxygen atoms in total. The fourth-order valence-corrected chi connectivity index (χ4v) is 2.20. The van der Waals surface area contributed by atoms with Crippen molar-refractivity contribution < 1.29 is 0 Å². The van der Waals surface area contributed by atoms with Crippen molar-refractivity contribution in [2.24, 2.45) is 0 Å². The fraction of sp³-hybridized carbons (Fsp3) is 0.500. The average molecular weight is 225 g/mol. The van der Waals surface area contributed by atoms with Gasteiger partial charge in [0.1, 0.15) is 0 Å². The maximum Gasteiger partial charge on any atom is 0.0429 e. The molecule has 0 aliphatic carbocycles. The van der Waals surface area contributed by atoms with E-state index in [1.54, 1.807) is 0 Å². The van der Waals surface area contributed by atoms with E-state index in [2.05, 4.69) is 29.3 Å². The lowest BCUT2D eigenvalue weighted by Gasteiger charge is -2.29. The first-order valence-electron chi connectivity index (χ1n) is 5.54. The molecule has 1 aromatic carbocycles. The number of piperazine rings is 1. The Kier molecular flexibility index (Phi) is 3.49. The summed E-state index contributed by atoms with van der Waals surface area (Å²) >= 11 is 6.11. The van der Waals surface area contributed by atoms with Gasteiger partial charge in [-0.15, -0.1) is 0 Å². The molecule has 0 aromatic heterocycles. The molecule has 15 heavy (non-hydrogen) atoms. The van der Waals surface area contributed by atoms with E-state index in [0.717, 1.165) is 37.6 Å². The Morgan fingerprint density at radius 2 is 2.00 bits per heavy atom. The van der Waals surface area contributed by atoms with Crippen LogP contribution in [0.25, 0.3) is 0 Å². The quantitative estimate of drug-likeness (QED) is 0.830. The minimum absolute atomic E-state index is 0.850. The van der Waals surface area contributed by atoms with E-state index in [9.17, 15) is 0 Å². The number of nitrogens with one attached hydrogen (secondary N) is 1. The van der Waals surface area contributed by atoms with Crippen LogP contribution in [-0.4, -0.2) is 26.2 Å². The predicted octanol–water partition coefficient (Wildman–Crippen LogP) is 2.31. The van der Waals surface area contributed by atoms with E-state index in [1.165, 1.54) is 11.3 Å². The first-order chi connectivity index (χ1) is 7.29. The molecule has 0 amide bonds. The molecule has 0 saturated carbocycles. The van der Waals surface area contributed by atoms with Crippen LogP contribution in [-0.2, 0) is 6.42 Å². The molecule has 1 aliphatic rings. The molecule has 82 valence electrons. The SMILES string of the molecule is CCc1cc(Cl)cc(N2CCNCC2)c1. The largest absolute Gasteiger partial charge is 0.369 e. The van der Waals surface area contributed by atoms with Crippen LogP contribution < -0.4 is 10.2 Å². The summed E-state index contributed by atoms with van der Waals surface area (Å²) in [6, 6.07) is 6.36. The molecule has 1 N–H and O–H groups in total. The molecule has 0 spiro atoms. The summed E-state index contributed by atoms with van der Waals surface area (Å²) in [7, 11) is 0. The number of rotatable bonds is 2. The highest BCUT2D eigenvalue weighted by Crippen LogP contribution is 2.23. The third-order valence-corrected chi connectivity index (χ3v) is 3.05. The molecule has 0 bridgehead atoms. The maximum atomic E-state index is 6.11. The van der Waals surface area contributed by atoms with Crippen molar-refractivity contribution in [3.63, 3.8) is 0 Å². The summed E-state index contributed by atoms with van der Waals surface area (Å²) in [6.07, 6.45) is 1.04. The van der Waals surface area contributed by atoms with E-state index in [-0.39, 0.29) is 0 Å². The maximum absolute atomic E-state index is 6.11. The summed E-state index contributed by atoms with van der Waals surface area (Å²) in [5, 5.41) is 4.20. The smallest absolute Gasteiger partial charge is 0.0429 e. The number of hydrogen-bond acceptors (Lipinski definition) is 2. The van der Waals surface area contributed by atoms with Crippen molar-refractivity contribution in [3.05, 3.63) is 28.8 Å². The second-order valence-corrected chi connectivity index (χ2v) is 4.34. The highest BCUT2D eigenvalue weighted by atomic mass is 35.5. The molecular weight excluding hydrogens is 208 g/mol. The Bertz CT molecular complexity index is 332.